The molecule has 0 radical (unpaired) electrons. The van der Waals surface area contributed by atoms with Crippen molar-refractivity contribution < 1.29 is 23.9 Å². The molecule has 0 aliphatic carbocycles. The average Bonchev–Trinajstić information content (AvgIpc) is 3.14. The molecule has 2 saturated heterocycles. The molecule has 1 amide bonds. The van der Waals surface area contributed by atoms with Gasteiger partial charge in [-0.1, -0.05) is 22.8 Å². The van der Waals surface area contributed by atoms with Crippen molar-refractivity contribution in [1.82, 2.24) is 15.0 Å². The third-order valence-corrected chi connectivity index (χ3v) is 5.87. The summed E-state index contributed by atoms with van der Waals surface area (Å²) in [4.78, 5) is 16.8. The second-order valence-corrected chi connectivity index (χ2v) is 8.00. The Labute approximate surface area is 175 Å². The highest BCUT2D eigenvalue weighted by Gasteiger charge is 2.45. The molecule has 2 fully saturated rings. The van der Waals surface area contributed by atoms with Crippen LogP contribution in [0.15, 0.2) is 33.4 Å². The summed E-state index contributed by atoms with van der Waals surface area (Å²) in [6.07, 6.45) is 0. The lowest BCUT2D eigenvalue weighted by atomic mass is 10.0. The molecule has 1 aromatic carbocycles. The number of piperazine rings is 1. The first kappa shape index (κ1) is 19.7. The molecule has 3 heterocycles. The van der Waals surface area contributed by atoms with Gasteiger partial charge in [-0.05, 0) is 28.1 Å². The highest BCUT2D eigenvalue weighted by atomic mass is 79.9. The molecule has 8 nitrogen and oxygen atoms in total. The third kappa shape index (κ3) is 3.53. The molecule has 1 N–H and O–H groups in total. The number of aromatic nitrogens is 1. The topological polar surface area (TPSA) is 88.3 Å². The normalized spacial score (nSPS) is 25.4. The average molecular weight is 473 g/mol. The van der Waals surface area contributed by atoms with Gasteiger partial charge in [-0.15, -0.1) is 0 Å². The molecule has 2 aliphatic heterocycles. The Morgan fingerprint density at radius 2 is 2.29 bits per heavy atom. The number of benzene rings is 1. The molecule has 10 heteroatoms. The number of hydrogen-bond donors (Lipinski definition) is 1. The van der Waals surface area contributed by atoms with E-state index in [2.05, 4.69) is 26.0 Å². The molecule has 150 valence electrons. The van der Waals surface area contributed by atoms with Crippen molar-refractivity contribution in [1.29, 1.82) is 0 Å². The SMILES string of the molecule is COc1cccc(C(=O)N2CCN3C[C@@](O)(c4cc(Br)no4)OC[C@@H]3C2)c1Cl. The lowest BCUT2D eigenvalue weighted by molar-refractivity contribution is -0.275. The zero-order valence-corrected chi connectivity index (χ0v) is 17.4. The number of hydrogen-bond acceptors (Lipinski definition) is 7. The molecular formula is C18H19BrClN3O5. The molecule has 0 unspecified atom stereocenters. The summed E-state index contributed by atoms with van der Waals surface area (Å²) in [5.74, 6) is -0.990. The summed E-state index contributed by atoms with van der Waals surface area (Å²) in [6, 6.07) is 6.71. The smallest absolute Gasteiger partial charge is 0.255 e. The number of carbonyl (C=O) groups is 1. The standard InChI is InChI=1S/C18H19BrClN3O5/c1-26-13-4-2-3-12(16(13)20)17(24)22-5-6-23-10-18(25,27-9-11(23)8-22)14-7-15(19)21-28-14/h2-4,7,11,25H,5-6,8-10H2,1H3/t11-,18-/m0/s1. The summed E-state index contributed by atoms with van der Waals surface area (Å²) in [5, 5.41) is 14.9. The number of methoxy groups -OCH3 is 1. The third-order valence-electron chi connectivity index (χ3n) is 5.10. The van der Waals surface area contributed by atoms with Crippen molar-refractivity contribution in [3.8, 4) is 5.75 Å². The Balaban J connectivity index is 1.46. The van der Waals surface area contributed by atoms with Gasteiger partial charge in [0.1, 0.15) is 10.4 Å². The zero-order valence-electron chi connectivity index (χ0n) is 15.1. The number of rotatable bonds is 3. The van der Waals surface area contributed by atoms with Crippen LogP contribution < -0.4 is 4.74 Å². The van der Waals surface area contributed by atoms with Crippen LogP contribution in [-0.2, 0) is 10.5 Å². The minimum absolute atomic E-state index is 0.0336. The molecule has 0 saturated carbocycles. The van der Waals surface area contributed by atoms with Crippen molar-refractivity contribution in [2.24, 2.45) is 0 Å². The van der Waals surface area contributed by atoms with Gasteiger partial charge in [0.15, 0.2) is 5.76 Å². The van der Waals surface area contributed by atoms with Gasteiger partial charge in [0.25, 0.3) is 5.91 Å². The molecule has 1 aromatic heterocycles. The number of aliphatic hydroxyl groups is 1. The fraction of sp³-hybridized carbons (Fsp3) is 0.444. The van der Waals surface area contributed by atoms with Crippen LogP contribution in [0, 0.1) is 0 Å². The highest BCUT2D eigenvalue weighted by molar-refractivity contribution is 9.10. The Kier molecular flexibility index (Phi) is 5.36. The van der Waals surface area contributed by atoms with Gasteiger partial charge < -0.3 is 24.0 Å². The van der Waals surface area contributed by atoms with Crippen LogP contribution in [0.5, 0.6) is 5.75 Å². The number of morpholine rings is 1. The van der Waals surface area contributed by atoms with E-state index in [0.29, 0.717) is 40.6 Å². The Hall–Kier alpha value is -1.65. The van der Waals surface area contributed by atoms with Crippen LogP contribution in [-0.4, -0.2) is 71.9 Å². The Morgan fingerprint density at radius 1 is 1.46 bits per heavy atom. The van der Waals surface area contributed by atoms with Gasteiger partial charge in [0, 0.05) is 25.7 Å². The first-order valence-corrected chi connectivity index (χ1v) is 9.93. The number of fused-ring (bicyclic) bond motifs is 1. The van der Waals surface area contributed by atoms with Crippen molar-refractivity contribution in [3.05, 3.63) is 45.2 Å². The predicted molar refractivity (Wildman–Crippen MR) is 103 cm³/mol. The quantitative estimate of drug-likeness (QED) is 0.732. The first-order chi connectivity index (χ1) is 13.4. The summed E-state index contributed by atoms with van der Waals surface area (Å²) in [6.45, 7) is 2.08. The van der Waals surface area contributed by atoms with Crippen LogP contribution in [0.3, 0.4) is 0 Å². The minimum atomic E-state index is -1.56. The number of ether oxygens (including phenoxy) is 2. The van der Waals surface area contributed by atoms with Crippen LogP contribution >= 0.6 is 27.5 Å². The maximum Gasteiger partial charge on any atom is 0.255 e. The van der Waals surface area contributed by atoms with E-state index in [1.54, 1.807) is 29.2 Å². The Morgan fingerprint density at radius 3 is 3.00 bits per heavy atom. The molecule has 0 bridgehead atoms. The summed E-state index contributed by atoms with van der Waals surface area (Å²) in [7, 11) is 1.52. The van der Waals surface area contributed by atoms with Gasteiger partial charge in [-0.2, -0.15) is 0 Å². The largest absolute Gasteiger partial charge is 0.495 e. The van der Waals surface area contributed by atoms with E-state index in [-0.39, 0.29) is 30.9 Å². The van der Waals surface area contributed by atoms with E-state index in [1.807, 2.05) is 0 Å². The van der Waals surface area contributed by atoms with E-state index in [4.69, 9.17) is 25.6 Å². The molecule has 28 heavy (non-hydrogen) atoms. The zero-order chi connectivity index (χ0) is 19.9. The van der Waals surface area contributed by atoms with Gasteiger partial charge in [0.2, 0.25) is 5.79 Å². The van der Waals surface area contributed by atoms with Crippen molar-refractivity contribution in [3.63, 3.8) is 0 Å². The lowest BCUT2D eigenvalue weighted by Crippen LogP contribution is -2.63. The predicted octanol–water partition coefficient (Wildman–Crippen LogP) is 2.10. The van der Waals surface area contributed by atoms with Crippen molar-refractivity contribution in [2.45, 2.75) is 11.8 Å². The molecule has 2 atom stereocenters. The molecular weight excluding hydrogens is 454 g/mol. The van der Waals surface area contributed by atoms with Crippen molar-refractivity contribution >= 4 is 33.4 Å². The van der Waals surface area contributed by atoms with Crippen LogP contribution in [0.2, 0.25) is 5.02 Å². The van der Waals surface area contributed by atoms with Gasteiger partial charge in [0.05, 0.1) is 36.9 Å². The minimum Gasteiger partial charge on any atom is -0.495 e. The Bertz CT molecular complexity index is 894. The molecule has 2 aromatic rings. The fourth-order valence-corrected chi connectivity index (χ4v) is 4.15. The number of carbonyl (C=O) groups excluding carboxylic acids is 1. The summed E-state index contributed by atoms with van der Waals surface area (Å²) < 4.78 is 16.5. The maximum absolute atomic E-state index is 13.0. The lowest BCUT2D eigenvalue weighted by Gasteiger charge is -2.47. The maximum atomic E-state index is 13.0. The monoisotopic (exact) mass is 471 g/mol. The van der Waals surface area contributed by atoms with E-state index in [1.165, 1.54) is 7.11 Å². The van der Waals surface area contributed by atoms with Crippen LogP contribution in [0.1, 0.15) is 16.1 Å². The fourth-order valence-electron chi connectivity index (χ4n) is 3.59. The first-order valence-electron chi connectivity index (χ1n) is 8.76. The second kappa shape index (κ2) is 7.64. The van der Waals surface area contributed by atoms with E-state index in [9.17, 15) is 9.90 Å². The van der Waals surface area contributed by atoms with Gasteiger partial charge >= 0.3 is 0 Å². The van der Waals surface area contributed by atoms with E-state index in [0.717, 1.165) is 0 Å². The van der Waals surface area contributed by atoms with Gasteiger partial charge in [-0.25, -0.2) is 0 Å². The number of halogens is 2. The molecule has 0 spiro atoms. The van der Waals surface area contributed by atoms with Crippen molar-refractivity contribution in [2.75, 3.05) is 39.9 Å². The molecule has 2 aliphatic rings. The van der Waals surface area contributed by atoms with E-state index >= 15 is 0 Å². The van der Waals surface area contributed by atoms with E-state index < -0.39 is 5.79 Å². The molecule has 4 rings (SSSR count). The summed E-state index contributed by atoms with van der Waals surface area (Å²) >= 11 is 9.51. The summed E-state index contributed by atoms with van der Waals surface area (Å²) in [5.41, 5.74) is 0.411. The van der Waals surface area contributed by atoms with Gasteiger partial charge in [-0.3, -0.25) is 9.69 Å². The second-order valence-electron chi connectivity index (χ2n) is 6.81. The number of amides is 1. The highest BCUT2D eigenvalue weighted by Crippen LogP contribution is 2.33. The number of nitrogens with zero attached hydrogens (tertiary/aromatic N) is 3. The van der Waals surface area contributed by atoms with Crippen LogP contribution in [0.25, 0.3) is 0 Å². The van der Waals surface area contributed by atoms with Crippen LogP contribution in [0.4, 0.5) is 0 Å².